The van der Waals surface area contributed by atoms with Gasteiger partial charge in [-0.2, -0.15) is 5.10 Å². The van der Waals surface area contributed by atoms with Crippen molar-refractivity contribution < 1.29 is 4.39 Å². The summed E-state index contributed by atoms with van der Waals surface area (Å²) in [5, 5.41) is 7.13. The molecule has 0 bridgehead atoms. The van der Waals surface area contributed by atoms with Gasteiger partial charge in [0.2, 0.25) is 0 Å². The highest BCUT2D eigenvalue weighted by atomic mass is 19.1. The molecule has 1 N–H and O–H groups in total. The molecule has 0 radical (unpaired) electrons. The quantitative estimate of drug-likeness (QED) is 0.855. The Hall–Kier alpha value is -1.75. The molecular weight excluding hydrogens is 207 g/mol. The molecule has 16 heavy (non-hydrogen) atoms. The molecule has 5 heteroatoms. The van der Waals surface area contributed by atoms with E-state index in [1.165, 1.54) is 18.5 Å². The monoisotopic (exact) mass is 220 g/mol. The van der Waals surface area contributed by atoms with E-state index in [-0.39, 0.29) is 11.9 Å². The molecule has 1 aromatic carbocycles. The summed E-state index contributed by atoms with van der Waals surface area (Å²) in [4.78, 5) is 3.88. The predicted octanol–water partition coefficient (Wildman–Crippen LogP) is 1.69. The fraction of sp³-hybridized carbons (Fsp3) is 0.273. The minimum absolute atomic E-state index is 0.0508. The summed E-state index contributed by atoms with van der Waals surface area (Å²) in [6.07, 6.45) is 3.05. The lowest BCUT2D eigenvalue weighted by molar-refractivity contribution is 0.604. The van der Waals surface area contributed by atoms with E-state index >= 15 is 0 Å². The Morgan fingerprint density at radius 2 is 2.25 bits per heavy atom. The van der Waals surface area contributed by atoms with Crippen molar-refractivity contribution >= 4 is 0 Å². The maximum atomic E-state index is 13.2. The van der Waals surface area contributed by atoms with Crippen LogP contribution in [0.15, 0.2) is 30.9 Å². The molecule has 1 heterocycles. The molecule has 2 aromatic rings. The lowest BCUT2D eigenvalue weighted by Crippen LogP contribution is -2.15. The van der Waals surface area contributed by atoms with Gasteiger partial charge in [0.25, 0.3) is 0 Å². The number of benzene rings is 1. The summed E-state index contributed by atoms with van der Waals surface area (Å²) in [7, 11) is 1.83. The molecule has 0 aliphatic rings. The molecule has 4 nitrogen and oxygen atoms in total. The van der Waals surface area contributed by atoms with Crippen LogP contribution in [0.3, 0.4) is 0 Å². The largest absolute Gasteiger partial charge is 0.313 e. The molecular formula is C11H13FN4. The molecule has 0 aliphatic heterocycles. The van der Waals surface area contributed by atoms with Gasteiger partial charge in [-0.05, 0) is 37.7 Å². The topological polar surface area (TPSA) is 42.7 Å². The van der Waals surface area contributed by atoms with Gasteiger partial charge in [-0.3, -0.25) is 0 Å². The zero-order valence-electron chi connectivity index (χ0n) is 9.18. The second-order valence-electron chi connectivity index (χ2n) is 3.55. The molecule has 0 saturated carbocycles. The van der Waals surface area contributed by atoms with Gasteiger partial charge in [0.05, 0.1) is 5.69 Å². The van der Waals surface area contributed by atoms with Crippen LogP contribution in [-0.4, -0.2) is 21.8 Å². The fourth-order valence-corrected chi connectivity index (χ4v) is 1.57. The third kappa shape index (κ3) is 1.94. The highest BCUT2D eigenvalue weighted by Crippen LogP contribution is 2.21. The summed E-state index contributed by atoms with van der Waals surface area (Å²) < 4.78 is 14.8. The molecule has 84 valence electrons. The van der Waals surface area contributed by atoms with Crippen LogP contribution in [0, 0.1) is 5.82 Å². The highest BCUT2D eigenvalue weighted by molar-refractivity contribution is 5.42. The van der Waals surface area contributed by atoms with Crippen LogP contribution in [0.25, 0.3) is 5.69 Å². The van der Waals surface area contributed by atoms with Crippen molar-refractivity contribution in [2.45, 2.75) is 13.0 Å². The average molecular weight is 220 g/mol. The number of halogens is 1. The van der Waals surface area contributed by atoms with Crippen LogP contribution in [0.2, 0.25) is 0 Å². The minimum Gasteiger partial charge on any atom is -0.313 e. The van der Waals surface area contributed by atoms with Crippen LogP contribution >= 0.6 is 0 Å². The van der Waals surface area contributed by atoms with Crippen molar-refractivity contribution in [2.75, 3.05) is 7.05 Å². The fourth-order valence-electron chi connectivity index (χ4n) is 1.57. The molecule has 2 rings (SSSR count). The SMILES string of the molecule is CNC(C)c1cc(F)ccc1-n1cncn1. The Balaban J connectivity index is 2.52. The van der Waals surface area contributed by atoms with E-state index < -0.39 is 0 Å². The van der Waals surface area contributed by atoms with Gasteiger partial charge in [0, 0.05) is 6.04 Å². The van der Waals surface area contributed by atoms with E-state index in [4.69, 9.17) is 0 Å². The van der Waals surface area contributed by atoms with Crippen LogP contribution in [0.5, 0.6) is 0 Å². The molecule has 0 fully saturated rings. The Morgan fingerprint density at radius 3 is 2.88 bits per heavy atom. The van der Waals surface area contributed by atoms with Crippen LogP contribution in [0.1, 0.15) is 18.5 Å². The first kappa shape index (κ1) is 10.8. The first-order valence-electron chi connectivity index (χ1n) is 5.04. The number of aromatic nitrogens is 3. The second-order valence-corrected chi connectivity index (χ2v) is 3.55. The molecule has 0 spiro atoms. The van der Waals surface area contributed by atoms with E-state index in [1.807, 2.05) is 14.0 Å². The predicted molar refractivity (Wildman–Crippen MR) is 58.8 cm³/mol. The minimum atomic E-state index is -0.249. The van der Waals surface area contributed by atoms with Crippen molar-refractivity contribution in [3.8, 4) is 5.69 Å². The van der Waals surface area contributed by atoms with E-state index in [9.17, 15) is 4.39 Å². The van der Waals surface area contributed by atoms with Crippen molar-refractivity contribution in [1.82, 2.24) is 20.1 Å². The third-order valence-electron chi connectivity index (χ3n) is 2.55. The van der Waals surface area contributed by atoms with Crippen molar-refractivity contribution in [1.29, 1.82) is 0 Å². The van der Waals surface area contributed by atoms with Gasteiger partial charge in [-0.1, -0.05) is 0 Å². The van der Waals surface area contributed by atoms with Gasteiger partial charge < -0.3 is 5.32 Å². The highest BCUT2D eigenvalue weighted by Gasteiger charge is 2.11. The normalized spacial score (nSPS) is 12.7. The summed E-state index contributed by atoms with van der Waals surface area (Å²) >= 11 is 0. The lowest BCUT2D eigenvalue weighted by Gasteiger charge is -2.15. The van der Waals surface area contributed by atoms with Gasteiger partial charge in [-0.25, -0.2) is 14.1 Å². The summed E-state index contributed by atoms with van der Waals surface area (Å²) in [6, 6.07) is 4.68. The molecule has 1 unspecified atom stereocenters. The van der Waals surface area contributed by atoms with Crippen molar-refractivity contribution in [3.05, 3.63) is 42.2 Å². The van der Waals surface area contributed by atoms with Crippen molar-refractivity contribution in [2.24, 2.45) is 0 Å². The van der Waals surface area contributed by atoms with Gasteiger partial charge >= 0.3 is 0 Å². The zero-order chi connectivity index (χ0) is 11.5. The maximum Gasteiger partial charge on any atom is 0.138 e. The number of nitrogens with zero attached hydrogens (tertiary/aromatic N) is 3. The average Bonchev–Trinajstić information content (AvgIpc) is 2.81. The molecule has 0 amide bonds. The summed E-state index contributed by atoms with van der Waals surface area (Å²) in [5.41, 5.74) is 1.69. The standard InChI is InChI=1S/C11H13FN4/c1-8(13-2)10-5-9(12)3-4-11(10)16-7-14-6-15-16/h3-8,13H,1-2H3. The number of hydrogen-bond donors (Lipinski definition) is 1. The molecule has 0 aliphatic carbocycles. The Labute approximate surface area is 93.1 Å². The third-order valence-corrected chi connectivity index (χ3v) is 2.55. The zero-order valence-corrected chi connectivity index (χ0v) is 9.18. The smallest absolute Gasteiger partial charge is 0.138 e. The van der Waals surface area contributed by atoms with Crippen LogP contribution in [0.4, 0.5) is 4.39 Å². The van der Waals surface area contributed by atoms with E-state index in [0.717, 1.165) is 11.3 Å². The molecule has 1 aromatic heterocycles. The first-order chi connectivity index (χ1) is 7.72. The molecule has 1 atom stereocenters. The number of hydrogen-bond acceptors (Lipinski definition) is 3. The van der Waals surface area contributed by atoms with Crippen LogP contribution < -0.4 is 5.32 Å². The van der Waals surface area contributed by atoms with E-state index in [1.54, 1.807) is 17.1 Å². The molecule has 0 saturated heterocycles. The Bertz CT molecular complexity index is 467. The van der Waals surface area contributed by atoms with Gasteiger partial charge in [-0.15, -0.1) is 0 Å². The van der Waals surface area contributed by atoms with E-state index in [2.05, 4.69) is 15.4 Å². The number of nitrogens with one attached hydrogen (secondary N) is 1. The van der Waals surface area contributed by atoms with Crippen LogP contribution in [-0.2, 0) is 0 Å². The van der Waals surface area contributed by atoms with Gasteiger partial charge in [0.15, 0.2) is 0 Å². The Morgan fingerprint density at radius 1 is 1.44 bits per heavy atom. The maximum absolute atomic E-state index is 13.2. The van der Waals surface area contributed by atoms with E-state index in [0.29, 0.717) is 0 Å². The summed E-state index contributed by atoms with van der Waals surface area (Å²) in [6.45, 7) is 1.97. The summed E-state index contributed by atoms with van der Waals surface area (Å²) in [5.74, 6) is -0.249. The Kier molecular flexibility index (Phi) is 2.96. The number of rotatable bonds is 3. The van der Waals surface area contributed by atoms with Crippen molar-refractivity contribution in [3.63, 3.8) is 0 Å². The first-order valence-corrected chi connectivity index (χ1v) is 5.04. The second kappa shape index (κ2) is 4.40. The lowest BCUT2D eigenvalue weighted by atomic mass is 10.1. The van der Waals surface area contributed by atoms with Gasteiger partial charge in [0.1, 0.15) is 18.5 Å².